The van der Waals surface area contributed by atoms with Crippen LogP contribution in [-0.4, -0.2) is 128 Å². The summed E-state index contributed by atoms with van der Waals surface area (Å²) in [6, 6.07) is 11.1. The zero-order valence-corrected chi connectivity index (χ0v) is 29.8. The minimum absolute atomic E-state index is 0.00631. The van der Waals surface area contributed by atoms with Gasteiger partial charge in [0.25, 0.3) is 28.8 Å². The number of rotatable bonds is 6. The van der Waals surface area contributed by atoms with E-state index in [1.807, 2.05) is 6.92 Å². The number of aryl methyl sites for hydroxylation is 1. The molecule has 22 nitrogen and oxygen atoms in total. The normalized spacial score (nSPS) is 17.9. The molecule has 1 aliphatic heterocycles. The number of benzene rings is 2. The number of amides is 4. The number of carbonyl (C=O) groups excluding carboxylic acids is 8. The Labute approximate surface area is 311 Å². The summed E-state index contributed by atoms with van der Waals surface area (Å²) in [4.78, 5) is 97.5. The second kappa shape index (κ2) is 19.3. The van der Waals surface area contributed by atoms with E-state index in [1.165, 1.54) is 12.1 Å². The summed E-state index contributed by atoms with van der Waals surface area (Å²) >= 11 is 0. The summed E-state index contributed by atoms with van der Waals surface area (Å²) in [5.41, 5.74) is 1.88. The largest absolute Gasteiger partial charge is 0.454 e. The number of nitrogens with zero attached hydrogens (tertiary/aromatic N) is 4. The molecule has 1 unspecified atom stereocenters. The molecule has 292 valence electrons. The summed E-state index contributed by atoms with van der Waals surface area (Å²) in [6.45, 7) is -3.79. The third-order valence-corrected chi connectivity index (χ3v) is 8.88. The van der Waals surface area contributed by atoms with Crippen molar-refractivity contribution < 1.29 is 65.7 Å². The predicted molar refractivity (Wildman–Crippen MR) is 178 cm³/mol. The van der Waals surface area contributed by atoms with Crippen molar-refractivity contribution in [2.24, 2.45) is 0 Å². The molecule has 1 fully saturated rings. The second-order valence-corrected chi connectivity index (χ2v) is 13.3. The lowest BCUT2D eigenvalue weighted by molar-refractivity contribution is -0.154. The molecule has 4 amide bonds. The number of hydrogen-bond donors (Lipinski definition) is 4. The molecule has 55 heavy (non-hydrogen) atoms. The van der Waals surface area contributed by atoms with E-state index in [2.05, 4.69) is 46.3 Å². The molecule has 1 saturated heterocycles. The van der Waals surface area contributed by atoms with Crippen LogP contribution >= 0.6 is 0 Å². The van der Waals surface area contributed by atoms with Crippen LogP contribution in [0.2, 0.25) is 0 Å². The smallest absolute Gasteiger partial charge is 0.329 e. The number of cyclic esters (lactones) is 4. The Morgan fingerprint density at radius 2 is 1.13 bits per heavy atom. The van der Waals surface area contributed by atoms with Crippen LogP contribution in [0, 0.1) is 6.92 Å². The molecule has 2 heterocycles. The summed E-state index contributed by atoms with van der Waals surface area (Å²) < 4.78 is 46.7. The number of aromatic nitrogens is 4. The zero-order chi connectivity index (χ0) is 40.0. The van der Waals surface area contributed by atoms with E-state index in [9.17, 15) is 46.8 Å². The molecule has 0 radical (unpaired) electrons. The van der Waals surface area contributed by atoms with Gasteiger partial charge >= 0.3 is 23.9 Å². The molecule has 3 aromatic rings. The molecule has 0 spiro atoms. The third-order valence-electron chi connectivity index (χ3n) is 7.21. The van der Waals surface area contributed by atoms with Gasteiger partial charge in [-0.05, 0) is 40.6 Å². The van der Waals surface area contributed by atoms with Gasteiger partial charge in [0.1, 0.15) is 25.7 Å². The van der Waals surface area contributed by atoms with Crippen LogP contribution in [0.25, 0.3) is 0 Å². The highest BCUT2D eigenvalue weighted by Gasteiger charge is 2.27. The fourth-order valence-corrected chi connectivity index (χ4v) is 5.65. The Balaban J connectivity index is 1.43. The zero-order valence-electron chi connectivity index (χ0n) is 29.0. The van der Waals surface area contributed by atoms with E-state index in [1.54, 1.807) is 36.4 Å². The van der Waals surface area contributed by atoms with Gasteiger partial charge in [-0.1, -0.05) is 47.1 Å². The van der Waals surface area contributed by atoms with Crippen LogP contribution in [0.5, 0.6) is 0 Å². The van der Waals surface area contributed by atoms with Crippen molar-refractivity contribution in [3.63, 3.8) is 0 Å². The molecule has 4 rings (SSSR count). The number of carbonyl (C=O) groups is 8. The molecule has 0 saturated carbocycles. The molecule has 0 bridgehead atoms. The first-order valence-corrected chi connectivity index (χ1v) is 17.6. The maximum absolute atomic E-state index is 13.2. The summed E-state index contributed by atoms with van der Waals surface area (Å²) in [5.74, 6) is -7.94. The van der Waals surface area contributed by atoms with Crippen LogP contribution in [-0.2, 0) is 80.1 Å². The maximum Gasteiger partial charge on any atom is 0.329 e. The quantitative estimate of drug-likeness (QED) is 0.139. The summed E-state index contributed by atoms with van der Waals surface area (Å²) in [7, 11) is -4.05. The first kappa shape index (κ1) is 41.0. The number of tetrazole rings is 1. The molecule has 1 atom stereocenters. The van der Waals surface area contributed by atoms with E-state index in [0.29, 0.717) is 11.1 Å². The van der Waals surface area contributed by atoms with Crippen LogP contribution < -0.4 is 21.3 Å². The number of esters is 4. The average Bonchev–Trinajstić information content (AvgIpc) is 3.64. The van der Waals surface area contributed by atoms with E-state index in [-0.39, 0.29) is 23.0 Å². The van der Waals surface area contributed by atoms with Crippen molar-refractivity contribution in [3.8, 4) is 0 Å². The maximum atomic E-state index is 13.2. The first-order chi connectivity index (χ1) is 26.2. The van der Waals surface area contributed by atoms with Crippen molar-refractivity contribution in [2.75, 3.05) is 46.1 Å². The number of sulfone groups is 1. The lowest BCUT2D eigenvalue weighted by atomic mass is 10.0. The molecule has 1 aliphatic rings. The number of nitrogens with one attached hydrogen (secondary N) is 4. The highest BCUT2D eigenvalue weighted by atomic mass is 32.2. The molecular formula is C32H34N8O14S. The Morgan fingerprint density at radius 1 is 0.655 bits per heavy atom. The van der Waals surface area contributed by atoms with Crippen LogP contribution in [0.15, 0.2) is 58.6 Å². The van der Waals surface area contributed by atoms with Gasteiger partial charge in [-0.25, -0.2) is 17.9 Å². The Bertz CT molecular complexity index is 2030. The predicted octanol–water partition coefficient (Wildman–Crippen LogP) is -3.58. The number of ether oxygens (including phenoxy) is 4. The summed E-state index contributed by atoms with van der Waals surface area (Å²) in [6.07, 6.45) is -0.207. The Morgan fingerprint density at radius 3 is 1.65 bits per heavy atom. The van der Waals surface area contributed by atoms with E-state index in [4.69, 9.17) is 9.47 Å². The van der Waals surface area contributed by atoms with Gasteiger partial charge in [0, 0.05) is 6.42 Å². The van der Waals surface area contributed by atoms with Crippen molar-refractivity contribution in [3.05, 3.63) is 65.2 Å². The van der Waals surface area contributed by atoms with Crippen molar-refractivity contribution in [1.82, 2.24) is 41.5 Å². The second-order valence-electron chi connectivity index (χ2n) is 11.5. The minimum atomic E-state index is -4.05. The third kappa shape index (κ3) is 13.0. The van der Waals surface area contributed by atoms with Crippen molar-refractivity contribution >= 4 is 57.3 Å². The Hall–Kier alpha value is -6.78. The SMILES string of the molecule is Cc1ccc(S(=O)(=O)c2nnnn2Cc2ccc(CC3NC(=O)COC(=O)CNC(=O)COC(=O)CNC(=O)COC(=O)CNC(=O)COC3=O)cc2)cc1. The Kier molecular flexibility index (Phi) is 14.4. The molecule has 4 N–H and O–H groups in total. The lowest BCUT2D eigenvalue weighted by Gasteiger charge is -2.18. The first-order valence-electron chi connectivity index (χ1n) is 16.1. The standard InChI is InChI=1S/C32H34N8O14S/c1-19-2-8-22(9-3-19)55(49,50)32-37-38-39-40(32)14-21-6-4-20(5-7-21)10-23-31(48)54-17-26(43)35-12-29(46)52-15-24(41)33-11-28(45)51-16-25(42)34-13-30(47)53-18-27(44)36-23/h2-9,23H,10-18H2,1H3,(H,33,41)(H,34,42)(H,35,43)(H,36,44). The number of hydrogen-bond acceptors (Lipinski definition) is 17. The monoisotopic (exact) mass is 786 g/mol. The lowest BCUT2D eigenvalue weighted by Crippen LogP contribution is -2.46. The van der Waals surface area contributed by atoms with Gasteiger partial charge < -0.3 is 40.2 Å². The highest BCUT2D eigenvalue weighted by Crippen LogP contribution is 2.20. The molecular weight excluding hydrogens is 752 g/mol. The van der Waals surface area contributed by atoms with E-state index < -0.39 is 109 Å². The minimum Gasteiger partial charge on any atom is -0.454 e. The van der Waals surface area contributed by atoms with Gasteiger partial charge in [-0.3, -0.25) is 33.6 Å². The highest BCUT2D eigenvalue weighted by molar-refractivity contribution is 7.91. The van der Waals surface area contributed by atoms with Gasteiger partial charge in [0.05, 0.1) is 11.4 Å². The van der Waals surface area contributed by atoms with E-state index >= 15 is 0 Å². The molecule has 1 aromatic heterocycles. The fourth-order valence-electron chi connectivity index (χ4n) is 4.42. The fraction of sp³-hybridized carbons (Fsp3) is 0.344. The molecule has 2 aromatic carbocycles. The van der Waals surface area contributed by atoms with Gasteiger partial charge in [-0.2, -0.15) is 0 Å². The van der Waals surface area contributed by atoms with Crippen molar-refractivity contribution in [2.45, 2.75) is 36.0 Å². The van der Waals surface area contributed by atoms with Crippen LogP contribution in [0.3, 0.4) is 0 Å². The average molecular weight is 787 g/mol. The van der Waals surface area contributed by atoms with Gasteiger partial charge in [0.15, 0.2) is 26.4 Å². The van der Waals surface area contributed by atoms with E-state index in [0.717, 1.165) is 10.2 Å². The van der Waals surface area contributed by atoms with Gasteiger partial charge in [-0.15, -0.1) is 0 Å². The summed E-state index contributed by atoms with van der Waals surface area (Å²) in [5, 5.41) is 19.3. The van der Waals surface area contributed by atoms with Crippen LogP contribution in [0.1, 0.15) is 16.7 Å². The topological polar surface area (TPSA) is 299 Å². The van der Waals surface area contributed by atoms with Crippen LogP contribution in [0.4, 0.5) is 0 Å². The van der Waals surface area contributed by atoms with Crippen molar-refractivity contribution in [1.29, 1.82) is 0 Å². The van der Waals surface area contributed by atoms with Gasteiger partial charge in [0.2, 0.25) is 9.84 Å². The molecule has 23 heteroatoms. The molecule has 0 aliphatic carbocycles.